The second kappa shape index (κ2) is 7.94. The number of ketones is 1. The van der Waals surface area contributed by atoms with E-state index in [1.165, 1.54) is 0 Å². The Morgan fingerprint density at radius 1 is 1.15 bits per heavy atom. The Morgan fingerprint density at radius 3 is 2.05 bits per heavy atom. The number of carbonyl (C=O) groups excluding carboxylic acids is 1. The molecule has 0 aliphatic carbocycles. The number of hydrogen-bond donors (Lipinski definition) is 0. The minimum atomic E-state index is -3.53. The van der Waals surface area contributed by atoms with Gasteiger partial charge >= 0.3 is 7.60 Å². The normalized spacial score (nSPS) is 13.2. The average Bonchev–Trinajstić information content (AvgIpc) is 2.41. The summed E-state index contributed by atoms with van der Waals surface area (Å²) in [7, 11) is -3.53. The van der Waals surface area contributed by atoms with Gasteiger partial charge in [0.05, 0.1) is 13.2 Å². The number of hydrogen-bond acceptors (Lipinski definition) is 4. The van der Waals surface area contributed by atoms with Crippen molar-refractivity contribution in [2.75, 3.05) is 13.2 Å². The van der Waals surface area contributed by atoms with Gasteiger partial charge in [-0.15, -0.1) is 0 Å². The van der Waals surface area contributed by atoms with Gasteiger partial charge in [-0.3, -0.25) is 9.36 Å². The summed E-state index contributed by atoms with van der Waals surface area (Å²) < 4.78 is 23.5. The zero-order valence-corrected chi connectivity index (χ0v) is 13.6. The fourth-order valence-electron chi connectivity index (χ4n) is 1.93. The Kier molecular flexibility index (Phi) is 6.90. The molecule has 112 valence electrons. The summed E-state index contributed by atoms with van der Waals surface area (Å²) in [5, 5.41) is 0.555. The van der Waals surface area contributed by atoms with Gasteiger partial charge < -0.3 is 9.05 Å². The van der Waals surface area contributed by atoms with Crippen LogP contribution in [-0.2, 0) is 18.4 Å². The van der Waals surface area contributed by atoms with Crippen LogP contribution in [-0.4, -0.2) is 19.0 Å². The van der Waals surface area contributed by atoms with Crippen LogP contribution in [0.4, 0.5) is 0 Å². The van der Waals surface area contributed by atoms with E-state index in [9.17, 15) is 9.36 Å². The maximum absolute atomic E-state index is 12.9. The Labute approximate surface area is 125 Å². The summed E-state index contributed by atoms with van der Waals surface area (Å²) in [4.78, 5) is 12.2. The van der Waals surface area contributed by atoms with Crippen molar-refractivity contribution in [1.29, 1.82) is 0 Å². The summed E-state index contributed by atoms with van der Waals surface area (Å²) >= 11 is 5.85. The van der Waals surface area contributed by atoms with Crippen LogP contribution in [0.5, 0.6) is 0 Å². The van der Waals surface area contributed by atoms with Crippen molar-refractivity contribution in [1.82, 2.24) is 0 Å². The monoisotopic (exact) mass is 318 g/mol. The molecule has 1 unspecified atom stereocenters. The summed E-state index contributed by atoms with van der Waals surface area (Å²) in [6, 6.07) is 6.70. The number of Topliss-reactive ketones (excluding diaryl/α,β-unsaturated/α-hetero) is 1. The highest BCUT2D eigenvalue weighted by atomic mass is 35.5. The minimum Gasteiger partial charge on any atom is -0.308 e. The molecule has 0 spiro atoms. The molecular formula is C14H20ClO4P. The summed E-state index contributed by atoms with van der Waals surface area (Å²) in [5.41, 5.74) is -0.295. The zero-order valence-electron chi connectivity index (χ0n) is 12.0. The van der Waals surface area contributed by atoms with Crippen LogP contribution in [0.1, 0.15) is 38.4 Å². The van der Waals surface area contributed by atoms with E-state index in [2.05, 4.69) is 0 Å². The highest BCUT2D eigenvalue weighted by molar-refractivity contribution is 7.55. The first-order valence-corrected chi connectivity index (χ1v) is 8.64. The predicted octanol–water partition coefficient (Wildman–Crippen LogP) is 4.63. The minimum absolute atomic E-state index is 0.169. The molecule has 1 aromatic carbocycles. The summed E-state index contributed by atoms with van der Waals surface area (Å²) in [6.07, 6.45) is 0.261. The predicted molar refractivity (Wildman–Crippen MR) is 80.3 cm³/mol. The van der Waals surface area contributed by atoms with Crippen LogP contribution >= 0.6 is 19.2 Å². The highest BCUT2D eigenvalue weighted by Crippen LogP contribution is 2.61. The van der Waals surface area contributed by atoms with Crippen molar-refractivity contribution in [3.8, 4) is 0 Å². The lowest BCUT2D eigenvalue weighted by Crippen LogP contribution is -2.15. The molecule has 0 aliphatic heterocycles. The fourth-order valence-corrected chi connectivity index (χ4v) is 4.22. The molecule has 0 saturated heterocycles. The summed E-state index contributed by atoms with van der Waals surface area (Å²) in [6.45, 7) is 5.62. The third-order valence-corrected chi connectivity index (χ3v) is 5.48. The molecule has 6 heteroatoms. The molecule has 0 aromatic heterocycles. The molecule has 4 nitrogen and oxygen atoms in total. The Bertz CT molecular complexity index is 476. The van der Waals surface area contributed by atoms with Crippen molar-refractivity contribution >= 4 is 25.0 Å². The third kappa shape index (κ3) is 4.16. The lowest BCUT2D eigenvalue weighted by Gasteiger charge is -2.25. The van der Waals surface area contributed by atoms with Crippen LogP contribution in [0.25, 0.3) is 0 Å². The van der Waals surface area contributed by atoms with Gasteiger partial charge in [0.1, 0.15) is 5.66 Å². The Morgan fingerprint density at radius 2 is 1.65 bits per heavy atom. The smallest absolute Gasteiger partial charge is 0.308 e. The van der Waals surface area contributed by atoms with Crippen molar-refractivity contribution < 1.29 is 18.4 Å². The highest BCUT2D eigenvalue weighted by Gasteiger charge is 2.41. The molecule has 0 amide bonds. The molecular weight excluding hydrogens is 299 g/mol. The van der Waals surface area contributed by atoms with Gasteiger partial charge in [0.2, 0.25) is 0 Å². The molecule has 0 fully saturated rings. The van der Waals surface area contributed by atoms with Crippen molar-refractivity contribution in [3.63, 3.8) is 0 Å². The lowest BCUT2D eigenvalue weighted by atomic mass is 10.1. The third-order valence-electron chi connectivity index (χ3n) is 2.77. The molecule has 0 radical (unpaired) electrons. The van der Waals surface area contributed by atoms with E-state index in [-0.39, 0.29) is 25.4 Å². The number of carbonyl (C=O) groups is 1. The van der Waals surface area contributed by atoms with E-state index in [0.29, 0.717) is 10.6 Å². The molecule has 0 bridgehead atoms. The molecule has 0 saturated carbocycles. The summed E-state index contributed by atoms with van der Waals surface area (Å²) in [5.74, 6) is -0.169. The Balaban J connectivity index is 3.26. The van der Waals surface area contributed by atoms with Gasteiger partial charge in [-0.05, 0) is 31.5 Å². The van der Waals surface area contributed by atoms with Gasteiger partial charge in [0.15, 0.2) is 5.78 Å². The maximum Gasteiger partial charge on any atom is 0.345 e. The van der Waals surface area contributed by atoms with Crippen LogP contribution in [0.3, 0.4) is 0 Å². The first-order chi connectivity index (χ1) is 9.48. The van der Waals surface area contributed by atoms with Gasteiger partial charge in [0.25, 0.3) is 0 Å². The van der Waals surface area contributed by atoms with Crippen LogP contribution in [0.15, 0.2) is 24.3 Å². The lowest BCUT2D eigenvalue weighted by molar-refractivity contribution is -0.118. The van der Waals surface area contributed by atoms with Gasteiger partial charge in [-0.2, -0.15) is 0 Å². The van der Waals surface area contributed by atoms with Crippen LogP contribution < -0.4 is 0 Å². The van der Waals surface area contributed by atoms with Crippen LogP contribution in [0.2, 0.25) is 5.02 Å². The number of benzene rings is 1. The Hall–Kier alpha value is -0.670. The first-order valence-electron chi connectivity index (χ1n) is 6.65. The van der Waals surface area contributed by atoms with Gasteiger partial charge in [0, 0.05) is 11.4 Å². The molecule has 0 heterocycles. The van der Waals surface area contributed by atoms with Crippen molar-refractivity contribution in [2.24, 2.45) is 0 Å². The van der Waals surface area contributed by atoms with Gasteiger partial charge in [-0.25, -0.2) is 0 Å². The largest absolute Gasteiger partial charge is 0.345 e. The van der Waals surface area contributed by atoms with E-state index in [1.54, 1.807) is 45.0 Å². The molecule has 1 aromatic rings. The topological polar surface area (TPSA) is 52.6 Å². The van der Waals surface area contributed by atoms with Gasteiger partial charge in [-0.1, -0.05) is 30.7 Å². The fraction of sp³-hybridized carbons (Fsp3) is 0.500. The molecule has 1 rings (SSSR count). The van der Waals surface area contributed by atoms with E-state index in [4.69, 9.17) is 20.6 Å². The molecule has 1 atom stereocenters. The molecule has 20 heavy (non-hydrogen) atoms. The van der Waals surface area contributed by atoms with E-state index < -0.39 is 13.3 Å². The average molecular weight is 319 g/mol. The van der Waals surface area contributed by atoms with Crippen molar-refractivity contribution in [3.05, 3.63) is 34.9 Å². The second-order valence-electron chi connectivity index (χ2n) is 4.15. The van der Waals surface area contributed by atoms with E-state index in [1.807, 2.05) is 0 Å². The SMILES string of the molecule is CCOP(=O)(OCC)C(C(=O)CC)c1ccc(Cl)cc1. The second-order valence-corrected chi connectivity index (χ2v) is 6.70. The zero-order chi connectivity index (χ0) is 15.2. The molecule has 0 N–H and O–H groups in total. The number of halogens is 1. The van der Waals surface area contributed by atoms with E-state index in [0.717, 1.165) is 0 Å². The van der Waals surface area contributed by atoms with Crippen molar-refractivity contribution in [2.45, 2.75) is 32.9 Å². The molecule has 0 aliphatic rings. The standard InChI is InChI=1S/C14H20ClO4P/c1-4-13(16)14(11-7-9-12(15)10-8-11)20(17,18-5-2)19-6-3/h7-10,14H,4-6H2,1-3H3. The maximum atomic E-state index is 12.9. The van der Waals surface area contributed by atoms with Crippen LogP contribution in [0, 0.1) is 0 Å². The quantitative estimate of drug-likeness (QED) is 0.656. The first kappa shape index (κ1) is 17.4. The van der Waals surface area contributed by atoms with E-state index >= 15 is 0 Å². The number of rotatable bonds is 8.